The number of pyridine rings is 2. The quantitative estimate of drug-likeness (QED) is 0.384. The predicted octanol–water partition coefficient (Wildman–Crippen LogP) is 3.95. The number of methoxy groups -OCH3 is 1. The van der Waals surface area contributed by atoms with Gasteiger partial charge in [-0.25, -0.2) is 9.97 Å². The van der Waals surface area contributed by atoms with Gasteiger partial charge < -0.3 is 15.0 Å². The highest BCUT2D eigenvalue weighted by molar-refractivity contribution is 6.01. The first-order chi connectivity index (χ1) is 15.1. The second kappa shape index (κ2) is 8.51. The van der Waals surface area contributed by atoms with E-state index in [1.807, 2.05) is 48.7 Å². The average molecular weight is 409 g/mol. The number of H-pyrrole nitrogens is 1. The Balaban J connectivity index is 1.77. The number of fused-ring (bicyclic) bond motifs is 1. The summed E-state index contributed by atoms with van der Waals surface area (Å²) in [4.78, 5) is 23.7. The van der Waals surface area contributed by atoms with Crippen LogP contribution in [0.4, 0.5) is 0 Å². The molecule has 0 bridgehead atoms. The fraction of sp³-hybridized carbons (Fsp3) is 0.0833. The summed E-state index contributed by atoms with van der Waals surface area (Å²) in [5.41, 5.74) is 5.39. The Hall–Kier alpha value is -4.44. The number of carbonyl (C=O) groups is 1. The van der Waals surface area contributed by atoms with E-state index < -0.39 is 5.91 Å². The minimum atomic E-state index is -0.416. The molecule has 0 fully saturated rings. The van der Waals surface area contributed by atoms with Crippen LogP contribution in [0.1, 0.15) is 5.56 Å². The number of aromatic nitrogens is 3. The van der Waals surface area contributed by atoms with Crippen LogP contribution in [0.15, 0.2) is 66.6 Å². The lowest BCUT2D eigenvalue weighted by molar-refractivity contribution is -0.116. The van der Waals surface area contributed by atoms with E-state index in [9.17, 15) is 10.1 Å². The van der Waals surface area contributed by atoms with E-state index >= 15 is 0 Å². The molecule has 4 aromatic rings. The molecule has 0 atom stereocenters. The van der Waals surface area contributed by atoms with Gasteiger partial charge in [-0.3, -0.25) is 4.79 Å². The summed E-state index contributed by atoms with van der Waals surface area (Å²) in [5, 5.41) is 12.7. The van der Waals surface area contributed by atoms with Crippen molar-refractivity contribution >= 4 is 23.0 Å². The number of carbonyl (C=O) groups excluding carboxylic acids is 1. The largest absolute Gasteiger partial charge is 0.481 e. The highest BCUT2D eigenvalue weighted by Crippen LogP contribution is 2.32. The Morgan fingerprint density at radius 2 is 2.03 bits per heavy atom. The van der Waals surface area contributed by atoms with Crippen LogP contribution in [0.25, 0.3) is 39.4 Å². The van der Waals surface area contributed by atoms with Gasteiger partial charge in [0.2, 0.25) is 5.88 Å². The minimum absolute atomic E-state index is 0.0489. The lowest BCUT2D eigenvalue weighted by Gasteiger charge is -2.06. The molecule has 7 heteroatoms. The zero-order chi connectivity index (χ0) is 21.8. The summed E-state index contributed by atoms with van der Waals surface area (Å²) in [7, 11) is 3.09. The summed E-state index contributed by atoms with van der Waals surface area (Å²) >= 11 is 0. The molecule has 0 aliphatic rings. The number of hydrogen-bond acceptors (Lipinski definition) is 5. The van der Waals surface area contributed by atoms with Gasteiger partial charge in [0.1, 0.15) is 17.3 Å². The van der Waals surface area contributed by atoms with Crippen LogP contribution in [0.3, 0.4) is 0 Å². The van der Waals surface area contributed by atoms with Crippen molar-refractivity contribution in [2.24, 2.45) is 0 Å². The highest BCUT2D eigenvalue weighted by Gasteiger charge is 2.11. The fourth-order valence-electron chi connectivity index (χ4n) is 3.35. The molecule has 0 radical (unpaired) electrons. The van der Waals surface area contributed by atoms with Crippen molar-refractivity contribution in [1.29, 1.82) is 5.26 Å². The number of hydrogen-bond donors (Lipinski definition) is 2. The van der Waals surface area contributed by atoms with Crippen LogP contribution in [-0.2, 0) is 4.79 Å². The van der Waals surface area contributed by atoms with Crippen molar-refractivity contribution in [3.8, 4) is 34.2 Å². The first-order valence-electron chi connectivity index (χ1n) is 9.55. The van der Waals surface area contributed by atoms with E-state index in [1.54, 1.807) is 25.6 Å². The Labute approximate surface area is 179 Å². The van der Waals surface area contributed by atoms with Gasteiger partial charge in [-0.15, -0.1) is 0 Å². The summed E-state index contributed by atoms with van der Waals surface area (Å²) in [6, 6.07) is 15.4. The molecule has 0 saturated carbocycles. The molecule has 7 nitrogen and oxygen atoms in total. The van der Waals surface area contributed by atoms with Gasteiger partial charge in [0.25, 0.3) is 5.91 Å². The van der Waals surface area contributed by atoms with Gasteiger partial charge in [0, 0.05) is 48.2 Å². The maximum absolute atomic E-state index is 11.8. The first kappa shape index (κ1) is 19.9. The normalized spacial score (nSPS) is 11.2. The molecule has 0 aliphatic carbocycles. The average Bonchev–Trinajstić information content (AvgIpc) is 3.25. The molecule has 1 aromatic carbocycles. The highest BCUT2D eigenvalue weighted by atomic mass is 16.5. The molecular weight excluding hydrogens is 390 g/mol. The van der Waals surface area contributed by atoms with Crippen LogP contribution in [0.2, 0.25) is 0 Å². The monoisotopic (exact) mass is 409 g/mol. The standard InChI is InChI=1S/C24H19N5O2/c1-26-24(30)18(12-25)9-15-4-3-5-16(8-15)19-10-20-21(14-29-23(20)28-13-19)17-6-7-27-22(11-17)31-2/h3-11,13-14H,1-2H3,(H,26,30)(H,28,29)/b18-9+. The number of benzene rings is 1. The first-order valence-corrected chi connectivity index (χ1v) is 9.55. The lowest BCUT2D eigenvalue weighted by Crippen LogP contribution is -2.19. The zero-order valence-electron chi connectivity index (χ0n) is 17.0. The van der Waals surface area contributed by atoms with Gasteiger partial charge in [-0.2, -0.15) is 5.26 Å². The van der Waals surface area contributed by atoms with Crippen molar-refractivity contribution in [3.63, 3.8) is 0 Å². The Bertz CT molecular complexity index is 1350. The Morgan fingerprint density at radius 1 is 1.16 bits per heavy atom. The predicted molar refractivity (Wildman–Crippen MR) is 119 cm³/mol. The van der Waals surface area contributed by atoms with Gasteiger partial charge in [0.15, 0.2) is 0 Å². The maximum atomic E-state index is 11.8. The van der Waals surface area contributed by atoms with Gasteiger partial charge in [0.05, 0.1) is 7.11 Å². The van der Waals surface area contributed by atoms with Crippen LogP contribution in [0.5, 0.6) is 5.88 Å². The molecule has 0 aliphatic heterocycles. The number of nitriles is 1. The van der Waals surface area contributed by atoms with Gasteiger partial charge in [-0.1, -0.05) is 18.2 Å². The van der Waals surface area contributed by atoms with E-state index in [-0.39, 0.29) is 5.57 Å². The third-order valence-corrected chi connectivity index (χ3v) is 4.91. The second-order valence-corrected chi connectivity index (χ2v) is 6.78. The van der Waals surface area contributed by atoms with Crippen molar-refractivity contribution in [2.75, 3.05) is 14.2 Å². The summed E-state index contributed by atoms with van der Waals surface area (Å²) < 4.78 is 5.24. The smallest absolute Gasteiger partial charge is 0.261 e. The summed E-state index contributed by atoms with van der Waals surface area (Å²) in [6.45, 7) is 0. The Kier molecular flexibility index (Phi) is 5.45. The number of likely N-dealkylation sites (N-methyl/N-ethyl adjacent to an activating group) is 1. The molecule has 0 saturated heterocycles. The van der Waals surface area contributed by atoms with Gasteiger partial charge >= 0.3 is 0 Å². The third-order valence-electron chi connectivity index (χ3n) is 4.91. The summed E-state index contributed by atoms with van der Waals surface area (Å²) in [6.07, 6.45) is 6.99. The molecule has 3 aromatic heterocycles. The molecule has 1 amide bonds. The van der Waals surface area contributed by atoms with Crippen LogP contribution in [-0.4, -0.2) is 35.0 Å². The third kappa shape index (κ3) is 4.00. The molecule has 0 unspecified atom stereocenters. The SMILES string of the molecule is CNC(=O)/C(C#N)=C/c1cccc(-c2cnc3[nH]cc(-c4ccnc(OC)c4)c3c2)c1. The number of aromatic amines is 1. The van der Waals surface area contributed by atoms with Crippen molar-refractivity contribution < 1.29 is 9.53 Å². The van der Waals surface area contributed by atoms with E-state index in [1.165, 1.54) is 7.05 Å². The molecule has 4 rings (SSSR count). The molecule has 152 valence electrons. The van der Waals surface area contributed by atoms with Crippen molar-refractivity contribution in [3.05, 3.63) is 72.2 Å². The number of ether oxygens (including phenoxy) is 1. The second-order valence-electron chi connectivity index (χ2n) is 6.78. The Morgan fingerprint density at radius 3 is 2.81 bits per heavy atom. The van der Waals surface area contributed by atoms with Crippen molar-refractivity contribution in [1.82, 2.24) is 20.3 Å². The fourth-order valence-corrected chi connectivity index (χ4v) is 3.35. The molecule has 3 heterocycles. The van der Waals surface area contributed by atoms with Gasteiger partial charge in [-0.05, 0) is 41.0 Å². The summed E-state index contributed by atoms with van der Waals surface area (Å²) in [5.74, 6) is 0.126. The zero-order valence-corrected chi connectivity index (χ0v) is 17.0. The number of amides is 1. The van der Waals surface area contributed by atoms with Crippen LogP contribution < -0.4 is 10.1 Å². The number of nitrogens with zero attached hydrogens (tertiary/aromatic N) is 3. The topological polar surface area (TPSA) is 104 Å². The molecule has 0 spiro atoms. The van der Waals surface area contributed by atoms with E-state index in [0.29, 0.717) is 5.88 Å². The molecule has 31 heavy (non-hydrogen) atoms. The van der Waals surface area contributed by atoms with Crippen LogP contribution in [0, 0.1) is 11.3 Å². The maximum Gasteiger partial charge on any atom is 0.261 e. The minimum Gasteiger partial charge on any atom is -0.481 e. The van der Waals surface area contributed by atoms with Crippen LogP contribution >= 0.6 is 0 Å². The van der Waals surface area contributed by atoms with E-state index in [4.69, 9.17) is 4.74 Å². The number of rotatable bonds is 5. The lowest BCUT2D eigenvalue weighted by atomic mass is 10.0. The van der Waals surface area contributed by atoms with E-state index in [2.05, 4.69) is 26.3 Å². The van der Waals surface area contributed by atoms with E-state index in [0.717, 1.165) is 38.9 Å². The van der Waals surface area contributed by atoms with Crippen molar-refractivity contribution in [2.45, 2.75) is 0 Å². The molecule has 2 N–H and O–H groups in total. The number of nitrogens with one attached hydrogen (secondary N) is 2. The molecular formula is C24H19N5O2.